The number of Topliss-reactive ketones (excluding diaryl/α,β-unsaturated/α-hetero) is 1. The lowest BCUT2D eigenvalue weighted by atomic mass is 9.95. The number of H-pyrrole nitrogens is 1. The minimum absolute atomic E-state index is 0.0448. The molecule has 1 aliphatic rings. The number of carboxylic acids is 3. The molecule has 2 heterocycles. The number of aryl methyl sites for hydroxylation is 1. The van der Waals surface area contributed by atoms with Crippen LogP contribution in [0.1, 0.15) is 173 Å². The van der Waals surface area contributed by atoms with E-state index < -0.39 is 35.9 Å². The van der Waals surface area contributed by atoms with Gasteiger partial charge in [0.05, 0.1) is 32.7 Å². The van der Waals surface area contributed by atoms with E-state index in [4.69, 9.17) is 14.6 Å². The van der Waals surface area contributed by atoms with Crippen LogP contribution in [0.15, 0.2) is 12.5 Å². The van der Waals surface area contributed by atoms with Crippen molar-refractivity contribution < 1.29 is 63.1 Å². The highest BCUT2D eigenvalue weighted by Gasteiger charge is 2.30. The van der Waals surface area contributed by atoms with Crippen molar-refractivity contribution in [1.82, 2.24) is 36.1 Å². The molecule has 70 heavy (non-hydrogen) atoms. The van der Waals surface area contributed by atoms with Crippen LogP contribution in [0.25, 0.3) is 0 Å². The van der Waals surface area contributed by atoms with Crippen LogP contribution in [-0.4, -0.2) is 149 Å². The summed E-state index contributed by atoms with van der Waals surface area (Å²) in [7, 11) is 0. The van der Waals surface area contributed by atoms with Gasteiger partial charge >= 0.3 is 17.9 Å². The van der Waals surface area contributed by atoms with Crippen LogP contribution in [-0.2, 0) is 54.3 Å². The number of ether oxygens (including phenoxy) is 2. The maximum absolute atomic E-state index is 13.0. The Bertz CT molecular complexity index is 1640. The third kappa shape index (κ3) is 32.0. The van der Waals surface area contributed by atoms with Gasteiger partial charge in [-0.3, -0.25) is 38.9 Å². The van der Waals surface area contributed by atoms with Crippen LogP contribution < -0.4 is 21.3 Å². The number of hydrogen-bond acceptors (Lipinski definition) is 12. The zero-order chi connectivity index (χ0) is 51.0. The number of carbonyl (C=O) groups excluding carboxylic acids is 5. The average molecular weight is 992 g/mol. The van der Waals surface area contributed by atoms with Gasteiger partial charge in [0.25, 0.3) is 0 Å². The predicted octanol–water partition coefficient (Wildman–Crippen LogP) is 5.08. The molecule has 4 amide bonds. The Kier molecular flexibility index (Phi) is 34.7. The van der Waals surface area contributed by atoms with Crippen LogP contribution in [0.2, 0.25) is 0 Å². The quantitative estimate of drug-likeness (QED) is 0.0395. The lowest BCUT2D eigenvalue weighted by molar-refractivity contribution is -0.143. The van der Waals surface area contributed by atoms with Crippen LogP contribution in [0.3, 0.4) is 0 Å². The number of hydrogen-bond donors (Lipinski definition) is 8. The first-order valence-corrected chi connectivity index (χ1v) is 26.0. The Balaban J connectivity index is 1.41. The van der Waals surface area contributed by atoms with E-state index in [1.165, 1.54) is 70.5 Å². The number of aliphatic carboxylic acids is 3. The summed E-state index contributed by atoms with van der Waals surface area (Å²) in [6.07, 6.45) is 25.2. The molecule has 0 radical (unpaired) electrons. The topological polar surface area (TPSA) is 296 Å². The van der Waals surface area contributed by atoms with Gasteiger partial charge in [-0.15, -0.1) is 0 Å². The van der Waals surface area contributed by atoms with Gasteiger partial charge in [-0.1, -0.05) is 89.9 Å². The molecule has 0 saturated carbocycles. The largest absolute Gasteiger partial charge is 0.481 e. The Morgan fingerprint density at radius 2 is 1.20 bits per heavy atom. The van der Waals surface area contributed by atoms with E-state index in [1.54, 1.807) is 11.1 Å². The van der Waals surface area contributed by atoms with Gasteiger partial charge in [0, 0.05) is 69.7 Å². The number of piperidine rings is 1. The highest BCUT2D eigenvalue weighted by molar-refractivity contribution is 5.86. The number of unbranched alkanes of at least 4 members (excludes halogenated alkanes) is 16. The number of carboxylic acid groups (broad SMARTS) is 3. The molecule has 398 valence electrons. The number of imidazole rings is 1. The third-order valence-corrected chi connectivity index (χ3v) is 12.5. The predicted molar refractivity (Wildman–Crippen MR) is 262 cm³/mol. The zero-order valence-electron chi connectivity index (χ0n) is 41.7. The first-order valence-electron chi connectivity index (χ1n) is 26.0. The number of nitrogens with one attached hydrogen (secondary N) is 5. The molecule has 0 spiro atoms. The van der Waals surface area contributed by atoms with Crippen molar-refractivity contribution in [3.05, 3.63) is 18.2 Å². The van der Waals surface area contributed by atoms with Gasteiger partial charge in [0.2, 0.25) is 23.6 Å². The average Bonchev–Trinajstić information content (AvgIpc) is 3.87. The summed E-state index contributed by atoms with van der Waals surface area (Å²) < 4.78 is 10.7. The smallest absolute Gasteiger partial charge is 0.326 e. The van der Waals surface area contributed by atoms with Gasteiger partial charge in [-0.05, 0) is 57.8 Å². The van der Waals surface area contributed by atoms with Crippen molar-refractivity contribution in [1.29, 1.82) is 0 Å². The number of ketones is 1. The van der Waals surface area contributed by atoms with Crippen molar-refractivity contribution in [2.75, 3.05) is 59.2 Å². The number of nitrogens with zero attached hydrogens (tertiary/aromatic N) is 2. The van der Waals surface area contributed by atoms with E-state index in [-0.39, 0.29) is 94.6 Å². The lowest BCUT2D eigenvalue weighted by Crippen LogP contribution is -2.47. The molecule has 1 fully saturated rings. The third-order valence-electron chi connectivity index (χ3n) is 12.5. The van der Waals surface area contributed by atoms with Crippen LogP contribution in [0.5, 0.6) is 0 Å². The maximum atomic E-state index is 13.0. The van der Waals surface area contributed by atoms with E-state index in [9.17, 15) is 48.6 Å². The molecule has 0 bridgehead atoms. The molecule has 0 aliphatic carbocycles. The number of carbonyl (C=O) groups is 8. The van der Waals surface area contributed by atoms with Crippen LogP contribution in [0.4, 0.5) is 0 Å². The normalized spacial score (nSPS) is 13.6. The molecule has 1 aromatic rings. The van der Waals surface area contributed by atoms with Crippen molar-refractivity contribution in [2.24, 2.45) is 5.92 Å². The second-order valence-corrected chi connectivity index (χ2v) is 18.4. The first-order chi connectivity index (χ1) is 33.8. The molecule has 0 aromatic carbocycles. The fourth-order valence-electron chi connectivity index (χ4n) is 8.22. The van der Waals surface area contributed by atoms with Gasteiger partial charge in [0.1, 0.15) is 24.5 Å². The first kappa shape index (κ1) is 61.2. The Morgan fingerprint density at radius 1 is 0.629 bits per heavy atom. The standard InChI is InChI=1S/C50H85N7O13/c58-41(23-22-40-35-51-38-55-40)36-54-42(49(65)66)19-17-18-28-52-45(60)37-70-34-33-69-32-29-53-44(59)25-24-43(50(67)68)56-48(64)39-26-30-57(31-27-39)46(61)20-15-13-11-9-7-5-3-1-2-4-6-8-10-12-14-16-21-47(62)63/h35,38-39,42-43,54H,1-34,36-37H2,(H,51,55)(H,52,60)(H,53,59)(H,56,64)(H,62,63)(H,65,66)(H,67,68)/t42-,43-/m0/s1. The fraction of sp³-hybridized carbons (Fsp3) is 0.780. The summed E-state index contributed by atoms with van der Waals surface area (Å²) >= 11 is 0. The number of amides is 4. The summed E-state index contributed by atoms with van der Waals surface area (Å²) in [5, 5.41) is 38.6. The molecule has 0 unspecified atom stereocenters. The number of likely N-dealkylation sites (tertiary alicyclic amines) is 1. The van der Waals surface area contributed by atoms with E-state index in [1.807, 2.05) is 0 Å². The minimum Gasteiger partial charge on any atom is -0.481 e. The van der Waals surface area contributed by atoms with E-state index in [0.29, 0.717) is 64.6 Å². The number of rotatable bonds is 45. The van der Waals surface area contributed by atoms with Crippen LogP contribution in [0, 0.1) is 5.92 Å². The molecule has 8 N–H and O–H groups in total. The fourth-order valence-corrected chi connectivity index (χ4v) is 8.22. The molecule has 1 aliphatic heterocycles. The van der Waals surface area contributed by atoms with Crippen molar-refractivity contribution >= 4 is 47.3 Å². The van der Waals surface area contributed by atoms with Crippen molar-refractivity contribution in [3.8, 4) is 0 Å². The lowest BCUT2D eigenvalue weighted by Gasteiger charge is -2.32. The molecule has 1 saturated heterocycles. The zero-order valence-corrected chi connectivity index (χ0v) is 41.7. The number of aromatic nitrogens is 2. The summed E-state index contributed by atoms with van der Waals surface area (Å²) in [5.41, 5.74) is 0.834. The van der Waals surface area contributed by atoms with Crippen molar-refractivity contribution in [2.45, 2.75) is 185 Å². The molecule has 1 aromatic heterocycles. The van der Waals surface area contributed by atoms with Gasteiger partial charge in [-0.2, -0.15) is 0 Å². The summed E-state index contributed by atoms with van der Waals surface area (Å²) in [5.74, 6) is -4.48. The molecular weight excluding hydrogens is 907 g/mol. The Labute approximate surface area is 414 Å². The molecule has 2 rings (SSSR count). The second kappa shape index (κ2) is 39.7. The SMILES string of the molecule is O=C(O)CCCCCCCCCCCCCCCCCCC(=O)N1CCC(C(=O)N[C@@H](CCC(=O)NCCOCCOCC(=O)NCCCC[C@H](NCC(=O)CCc2cnc[nH]2)C(=O)O)C(=O)O)CC1. The second-order valence-electron chi connectivity index (χ2n) is 18.4. The van der Waals surface area contributed by atoms with E-state index >= 15 is 0 Å². The summed E-state index contributed by atoms with van der Waals surface area (Å²) in [6, 6.07) is -2.09. The summed E-state index contributed by atoms with van der Waals surface area (Å²) in [6.45, 7) is 1.66. The highest BCUT2D eigenvalue weighted by atomic mass is 16.5. The Hall–Kier alpha value is -4.95. The van der Waals surface area contributed by atoms with Gasteiger partial charge in [-0.25, -0.2) is 9.78 Å². The van der Waals surface area contributed by atoms with E-state index in [2.05, 4.69) is 31.2 Å². The molecule has 20 nitrogen and oxygen atoms in total. The van der Waals surface area contributed by atoms with Gasteiger partial charge < -0.3 is 50.6 Å². The maximum Gasteiger partial charge on any atom is 0.326 e. The van der Waals surface area contributed by atoms with Crippen LogP contribution >= 0.6 is 0 Å². The molecular formula is C50H85N7O13. The van der Waals surface area contributed by atoms with E-state index in [0.717, 1.165) is 44.2 Å². The van der Waals surface area contributed by atoms with Gasteiger partial charge in [0.15, 0.2) is 0 Å². The monoisotopic (exact) mass is 992 g/mol. The van der Waals surface area contributed by atoms with Crippen molar-refractivity contribution in [3.63, 3.8) is 0 Å². The molecule has 2 atom stereocenters. The Morgan fingerprint density at radius 3 is 1.77 bits per heavy atom. The highest BCUT2D eigenvalue weighted by Crippen LogP contribution is 2.20. The summed E-state index contributed by atoms with van der Waals surface area (Å²) in [4.78, 5) is 105. The minimum atomic E-state index is -1.23. The molecule has 20 heteroatoms. The number of aromatic amines is 1.